The Morgan fingerprint density at radius 1 is 1.43 bits per heavy atom. The molecule has 0 heterocycles. The first-order valence-electron chi connectivity index (χ1n) is 4.74. The van der Waals surface area contributed by atoms with Crippen LogP contribution in [0.25, 0.3) is 0 Å². The summed E-state index contributed by atoms with van der Waals surface area (Å²) in [4.78, 5) is 1.31. The van der Waals surface area contributed by atoms with E-state index >= 15 is 0 Å². The highest BCUT2D eigenvalue weighted by molar-refractivity contribution is 9.10. The van der Waals surface area contributed by atoms with Crippen molar-refractivity contribution in [3.63, 3.8) is 0 Å². The summed E-state index contributed by atoms with van der Waals surface area (Å²) in [6, 6.07) is 6.38. The van der Waals surface area contributed by atoms with E-state index in [-0.39, 0.29) is 0 Å². The molecule has 0 amide bonds. The molecule has 0 aliphatic carbocycles. The Kier molecular flexibility index (Phi) is 4.99. The minimum absolute atomic E-state index is 0.593. The molecule has 0 spiro atoms. The van der Waals surface area contributed by atoms with E-state index in [1.54, 1.807) is 0 Å². The van der Waals surface area contributed by atoms with Gasteiger partial charge in [0, 0.05) is 21.7 Å². The van der Waals surface area contributed by atoms with Crippen molar-refractivity contribution in [2.75, 3.05) is 5.75 Å². The molecule has 2 N–H and O–H groups in total. The second kappa shape index (κ2) is 5.79. The fourth-order valence-electron chi connectivity index (χ4n) is 1.05. The van der Waals surface area contributed by atoms with Crippen molar-refractivity contribution in [3.8, 4) is 0 Å². The zero-order valence-corrected chi connectivity index (χ0v) is 11.0. The van der Waals surface area contributed by atoms with E-state index in [0.717, 1.165) is 16.1 Å². The molecule has 0 aliphatic heterocycles. The van der Waals surface area contributed by atoms with Crippen LogP contribution in [0, 0.1) is 5.92 Å². The van der Waals surface area contributed by atoms with E-state index in [4.69, 9.17) is 5.73 Å². The van der Waals surface area contributed by atoms with Gasteiger partial charge < -0.3 is 5.73 Å². The van der Waals surface area contributed by atoms with Crippen molar-refractivity contribution in [2.24, 2.45) is 11.7 Å². The maximum Gasteiger partial charge on any atom is 0.0231 e. The molecular weight excluding hydrogens is 258 g/mol. The second-order valence-electron chi connectivity index (χ2n) is 3.66. The van der Waals surface area contributed by atoms with Crippen molar-refractivity contribution in [1.82, 2.24) is 0 Å². The molecule has 1 aromatic rings. The van der Waals surface area contributed by atoms with Crippen LogP contribution in [0.2, 0.25) is 0 Å². The first-order valence-corrected chi connectivity index (χ1v) is 6.52. The van der Waals surface area contributed by atoms with Crippen LogP contribution in [0.3, 0.4) is 0 Å². The normalized spacial score (nSPS) is 10.9. The number of hydrogen-bond acceptors (Lipinski definition) is 2. The minimum atomic E-state index is 0.593. The Morgan fingerprint density at radius 2 is 2.14 bits per heavy atom. The Balaban J connectivity index is 2.66. The van der Waals surface area contributed by atoms with Gasteiger partial charge in [-0.05, 0) is 23.6 Å². The third-order valence-corrected chi connectivity index (χ3v) is 3.99. The van der Waals surface area contributed by atoms with E-state index < -0.39 is 0 Å². The molecule has 3 heteroatoms. The molecule has 1 rings (SSSR count). The van der Waals surface area contributed by atoms with Crippen molar-refractivity contribution in [1.29, 1.82) is 0 Å². The van der Waals surface area contributed by atoms with E-state index in [1.807, 2.05) is 11.8 Å². The molecule has 1 nitrogen and oxygen atoms in total. The summed E-state index contributed by atoms with van der Waals surface area (Å²) in [6.07, 6.45) is 0. The molecule has 0 atom stereocenters. The lowest BCUT2D eigenvalue weighted by atomic mass is 10.2. The lowest BCUT2D eigenvalue weighted by Crippen LogP contribution is -1.97. The van der Waals surface area contributed by atoms with Crippen LogP contribution in [0.1, 0.15) is 19.4 Å². The van der Waals surface area contributed by atoms with Gasteiger partial charge in [0.2, 0.25) is 0 Å². The summed E-state index contributed by atoms with van der Waals surface area (Å²) in [5, 5.41) is 0. The lowest BCUT2D eigenvalue weighted by molar-refractivity contribution is 0.750. The third-order valence-electron chi connectivity index (χ3n) is 1.83. The zero-order valence-electron chi connectivity index (χ0n) is 8.59. The predicted molar refractivity (Wildman–Crippen MR) is 67.6 cm³/mol. The van der Waals surface area contributed by atoms with Gasteiger partial charge in [0.05, 0.1) is 0 Å². The number of hydrogen-bond donors (Lipinski definition) is 1. The van der Waals surface area contributed by atoms with E-state index in [2.05, 4.69) is 48.0 Å². The fraction of sp³-hybridized carbons (Fsp3) is 0.455. The van der Waals surface area contributed by atoms with E-state index in [0.29, 0.717) is 6.54 Å². The Labute approximate surface area is 98.6 Å². The summed E-state index contributed by atoms with van der Waals surface area (Å²) in [5.74, 6) is 1.89. The van der Waals surface area contributed by atoms with Crippen LogP contribution in [0.15, 0.2) is 27.6 Å². The SMILES string of the molecule is CC(C)CSc1ccc(CN)c(Br)c1. The molecule has 0 saturated carbocycles. The molecule has 1 aromatic carbocycles. The molecule has 14 heavy (non-hydrogen) atoms. The first kappa shape index (κ1) is 12.1. The van der Waals surface area contributed by atoms with E-state index in [9.17, 15) is 0 Å². The maximum absolute atomic E-state index is 5.59. The van der Waals surface area contributed by atoms with Crippen LogP contribution in [0.5, 0.6) is 0 Å². The third kappa shape index (κ3) is 3.64. The summed E-state index contributed by atoms with van der Waals surface area (Å²) in [7, 11) is 0. The number of thioether (sulfide) groups is 1. The van der Waals surface area contributed by atoms with Crippen LogP contribution < -0.4 is 5.73 Å². The minimum Gasteiger partial charge on any atom is -0.326 e. The highest BCUT2D eigenvalue weighted by atomic mass is 79.9. The molecular formula is C11H16BrNS. The van der Waals surface area contributed by atoms with Crippen LogP contribution in [0.4, 0.5) is 0 Å². The largest absolute Gasteiger partial charge is 0.326 e. The van der Waals surface area contributed by atoms with Gasteiger partial charge in [-0.1, -0.05) is 35.8 Å². The lowest BCUT2D eigenvalue weighted by Gasteiger charge is -2.07. The van der Waals surface area contributed by atoms with Gasteiger partial charge in [0.15, 0.2) is 0 Å². The Bertz CT molecular complexity index is 299. The number of halogens is 1. The Hall–Kier alpha value is 0.01000. The van der Waals surface area contributed by atoms with Crippen LogP contribution in [-0.4, -0.2) is 5.75 Å². The summed E-state index contributed by atoms with van der Waals surface area (Å²) in [5.41, 5.74) is 6.75. The zero-order chi connectivity index (χ0) is 10.6. The number of nitrogens with two attached hydrogens (primary N) is 1. The van der Waals surface area contributed by atoms with Gasteiger partial charge in [-0.3, -0.25) is 0 Å². The smallest absolute Gasteiger partial charge is 0.0231 e. The average molecular weight is 274 g/mol. The van der Waals surface area contributed by atoms with Crippen molar-refractivity contribution >= 4 is 27.7 Å². The van der Waals surface area contributed by atoms with Gasteiger partial charge in [-0.2, -0.15) is 0 Å². The summed E-state index contributed by atoms with van der Waals surface area (Å²) in [6.45, 7) is 5.06. The van der Waals surface area contributed by atoms with Crippen molar-refractivity contribution in [3.05, 3.63) is 28.2 Å². The standard InChI is InChI=1S/C11H16BrNS/c1-8(2)7-14-10-4-3-9(6-13)11(12)5-10/h3-5,8H,6-7,13H2,1-2H3. The quantitative estimate of drug-likeness (QED) is 0.848. The topological polar surface area (TPSA) is 26.0 Å². The maximum atomic E-state index is 5.59. The van der Waals surface area contributed by atoms with Crippen molar-refractivity contribution < 1.29 is 0 Å². The highest BCUT2D eigenvalue weighted by Gasteiger charge is 2.01. The molecule has 0 bridgehead atoms. The molecule has 0 aromatic heterocycles. The monoisotopic (exact) mass is 273 g/mol. The molecule has 0 saturated heterocycles. The molecule has 0 aliphatic rings. The Morgan fingerprint density at radius 3 is 2.64 bits per heavy atom. The van der Waals surface area contributed by atoms with Gasteiger partial charge in [0.25, 0.3) is 0 Å². The predicted octanol–water partition coefficient (Wildman–Crippen LogP) is 3.66. The van der Waals surface area contributed by atoms with Crippen molar-refractivity contribution in [2.45, 2.75) is 25.3 Å². The summed E-state index contributed by atoms with van der Waals surface area (Å²) < 4.78 is 1.12. The molecule has 0 fully saturated rings. The molecule has 78 valence electrons. The fourth-order valence-corrected chi connectivity index (χ4v) is 2.63. The van der Waals surface area contributed by atoms with Crippen LogP contribution >= 0.6 is 27.7 Å². The van der Waals surface area contributed by atoms with Gasteiger partial charge in [0.1, 0.15) is 0 Å². The number of benzene rings is 1. The molecule has 0 unspecified atom stereocenters. The second-order valence-corrected chi connectivity index (χ2v) is 5.61. The van der Waals surface area contributed by atoms with Gasteiger partial charge in [-0.25, -0.2) is 0 Å². The summed E-state index contributed by atoms with van der Waals surface area (Å²) >= 11 is 5.41. The average Bonchev–Trinajstić information content (AvgIpc) is 2.15. The van der Waals surface area contributed by atoms with Gasteiger partial charge >= 0.3 is 0 Å². The van der Waals surface area contributed by atoms with E-state index in [1.165, 1.54) is 10.5 Å². The molecule has 0 radical (unpaired) electrons. The number of rotatable bonds is 4. The van der Waals surface area contributed by atoms with Gasteiger partial charge in [-0.15, -0.1) is 11.8 Å². The highest BCUT2D eigenvalue weighted by Crippen LogP contribution is 2.26. The van der Waals surface area contributed by atoms with Crippen LogP contribution in [-0.2, 0) is 6.54 Å². The first-order chi connectivity index (χ1) is 6.63.